The van der Waals surface area contributed by atoms with Crippen molar-refractivity contribution in [3.05, 3.63) is 59.7 Å². The Morgan fingerprint density at radius 2 is 1.81 bits per heavy atom. The number of carbonyl (C=O) groups is 1. The summed E-state index contributed by atoms with van der Waals surface area (Å²) in [4.78, 5) is 15.0. The molecule has 0 aliphatic carbocycles. The number of para-hydroxylation sites is 1. The molecule has 0 saturated carbocycles. The van der Waals surface area contributed by atoms with E-state index in [1.54, 1.807) is 7.11 Å². The fourth-order valence-electron chi connectivity index (χ4n) is 3.35. The largest absolute Gasteiger partial charge is 0.491 e. The van der Waals surface area contributed by atoms with Crippen LogP contribution in [0.5, 0.6) is 5.75 Å². The molecule has 1 heterocycles. The summed E-state index contributed by atoms with van der Waals surface area (Å²) in [6.45, 7) is 5.89. The molecule has 0 fully saturated rings. The van der Waals surface area contributed by atoms with Crippen molar-refractivity contribution < 1.29 is 14.3 Å². The highest BCUT2D eigenvalue weighted by molar-refractivity contribution is 6.02. The van der Waals surface area contributed by atoms with E-state index in [1.807, 2.05) is 53.4 Å². The maximum Gasteiger partial charge on any atom is 0.258 e. The molecule has 1 atom stereocenters. The number of hydrogen-bond donors (Lipinski definition) is 1. The second-order valence-corrected chi connectivity index (χ2v) is 6.57. The minimum absolute atomic E-state index is 0.0594. The number of nitrogens with one attached hydrogen (secondary N) is 1. The highest BCUT2D eigenvalue weighted by Crippen LogP contribution is 2.38. The number of nitrogens with zero attached hydrogens (tertiary/aromatic N) is 1. The summed E-state index contributed by atoms with van der Waals surface area (Å²) in [6, 6.07) is 15.6. The molecule has 3 rings (SSSR count). The topological polar surface area (TPSA) is 50.8 Å². The van der Waals surface area contributed by atoms with Crippen LogP contribution in [0.2, 0.25) is 0 Å². The van der Waals surface area contributed by atoms with Crippen molar-refractivity contribution >= 4 is 11.6 Å². The standard InChI is InChI=1S/C21H26N2O3/c1-4-13-23-20(24)18-7-5-6-8-19(18)22-21(23,2)16-9-11-17(12-10-16)26-15-14-25-3/h5-12,22H,4,13-15H2,1-3H3. The maximum atomic E-state index is 13.1. The Kier molecular flexibility index (Phi) is 5.47. The minimum atomic E-state index is -0.605. The van der Waals surface area contributed by atoms with Gasteiger partial charge in [0.15, 0.2) is 0 Å². The summed E-state index contributed by atoms with van der Waals surface area (Å²) >= 11 is 0. The summed E-state index contributed by atoms with van der Waals surface area (Å²) in [5.74, 6) is 0.850. The number of hydrogen-bond acceptors (Lipinski definition) is 4. The first kappa shape index (κ1) is 18.3. The third-order valence-corrected chi connectivity index (χ3v) is 4.74. The smallest absolute Gasteiger partial charge is 0.258 e. The summed E-state index contributed by atoms with van der Waals surface area (Å²) in [7, 11) is 1.65. The van der Waals surface area contributed by atoms with Crippen LogP contribution in [0.3, 0.4) is 0 Å². The van der Waals surface area contributed by atoms with Crippen LogP contribution in [0.15, 0.2) is 48.5 Å². The van der Waals surface area contributed by atoms with E-state index >= 15 is 0 Å². The molecule has 0 radical (unpaired) electrons. The summed E-state index contributed by atoms with van der Waals surface area (Å²) < 4.78 is 10.7. The second-order valence-electron chi connectivity index (χ2n) is 6.57. The maximum absolute atomic E-state index is 13.1. The van der Waals surface area contributed by atoms with Gasteiger partial charge in [0.05, 0.1) is 12.2 Å². The van der Waals surface area contributed by atoms with Crippen LogP contribution in [0.1, 0.15) is 36.2 Å². The third-order valence-electron chi connectivity index (χ3n) is 4.74. The van der Waals surface area contributed by atoms with Gasteiger partial charge in [-0.3, -0.25) is 4.79 Å². The molecule has 26 heavy (non-hydrogen) atoms. The van der Waals surface area contributed by atoms with Crippen LogP contribution in [0.4, 0.5) is 5.69 Å². The van der Waals surface area contributed by atoms with Crippen molar-refractivity contribution in [3.8, 4) is 5.75 Å². The first-order valence-electron chi connectivity index (χ1n) is 9.01. The van der Waals surface area contributed by atoms with Gasteiger partial charge in [0.25, 0.3) is 5.91 Å². The van der Waals surface area contributed by atoms with E-state index < -0.39 is 5.66 Å². The molecular formula is C21H26N2O3. The highest BCUT2D eigenvalue weighted by atomic mass is 16.5. The van der Waals surface area contributed by atoms with Crippen LogP contribution < -0.4 is 10.1 Å². The van der Waals surface area contributed by atoms with Gasteiger partial charge in [0.2, 0.25) is 0 Å². The summed E-state index contributed by atoms with van der Waals surface area (Å²) in [5.41, 5.74) is 2.01. The monoisotopic (exact) mass is 354 g/mol. The van der Waals surface area contributed by atoms with Gasteiger partial charge < -0.3 is 19.7 Å². The number of carbonyl (C=O) groups excluding carboxylic acids is 1. The number of benzene rings is 2. The number of amides is 1. The zero-order valence-electron chi connectivity index (χ0n) is 15.6. The van der Waals surface area contributed by atoms with Gasteiger partial charge in [-0.05, 0) is 43.2 Å². The number of methoxy groups -OCH3 is 1. The van der Waals surface area contributed by atoms with Crippen LogP contribution in [0, 0.1) is 0 Å². The Hall–Kier alpha value is -2.53. The lowest BCUT2D eigenvalue weighted by molar-refractivity contribution is 0.0535. The van der Waals surface area contributed by atoms with Gasteiger partial charge in [0, 0.05) is 19.3 Å². The predicted molar refractivity (Wildman–Crippen MR) is 103 cm³/mol. The molecule has 2 aromatic carbocycles. The Morgan fingerprint density at radius 3 is 2.50 bits per heavy atom. The zero-order chi connectivity index (χ0) is 18.6. The molecule has 1 aliphatic heterocycles. The van der Waals surface area contributed by atoms with E-state index in [9.17, 15) is 4.79 Å². The number of fused-ring (bicyclic) bond motifs is 1. The Balaban J connectivity index is 1.92. The van der Waals surface area contributed by atoms with Crippen molar-refractivity contribution in [1.82, 2.24) is 4.90 Å². The first-order valence-corrected chi connectivity index (χ1v) is 9.01. The predicted octanol–water partition coefficient (Wildman–Crippen LogP) is 3.86. The van der Waals surface area contributed by atoms with Crippen LogP contribution in [0.25, 0.3) is 0 Å². The molecule has 0 bridgehead atoms. The average molecular weight is 354 g/mol. The van der Waals surface area contributed by atoms with Crippen molar-refractivity contribution in [2.24, 2.45) is 0 Å². The molecule has 138 valence electrons. The Bertz CT molecular complexity index is 760. The molecule has 0 spiro atoms. The SMILES string of the molecule is CCCN1C(=O)c2ccccc2NC1(C)c1ccc(OCCOC)cc1. The van der Waals surface area contributed by atoms with Gasteiger partial charge in [-0.1, -0.05) is 31.2 Å². The number of rotatable bonds is 7. The quantitative estimate of drug-likeness (QED) is 0.767. The molecule has 0 saturated heterocycles. The minimum Gasteiger partial charge on any atom is -0.491 e. The van der Waals surface area contributed by atoms with Gasteiger partial charge >= 0.3 is 0 Å². The second kappa shape index (κ2) is 7.79. The van der Waals surface area contributed by atoms with Crippen LogP contribution in [-0.4, -0.2) is 37.7 Å². The van der Waals surface area contributed by atoms with E-state index in [4.69, 9.17) is 9.47 Å². The molecule has 5 nitrogen and oxygen atoms in total. The summed E-state index contributed by atoms with van der Waals surface area (Å²) in [5, 5.41) is 3.57. The lowest BCUT2D eigenvalue weighted by Gasteiger charge is -2.46. The third kappa shape index (κ3) is 3.40. The number of anilines is 1. The zero-order valence-corrected chi connectivity index (χ0v) is 15.6. The molecule has 0 aromatic heterocycles. The van der Waals surface area contributed by atoms with Gasteiger partial charge in [-0.15, -0.1) is 0 Å². The van der Waals surface area contributed by atoms with Crippen molar-refractivity contribution in [2.75, 3.05) is 32.2 Å². The van der Waals surface area contributed by atoms with Crippen LogP contribution >= 0.6 is 0 Å². The molecule has 1 aliphatic rings. The van der Waals surface area contributed by atoms with Crippen molar-refractivity contribution in [3.63, 3.8) is 0 Å². The molecular weight excluding hydrogens is 328 g/mol. The highest BCUT2D eigenvalue weighted by Gasteiger charge is 2.41. The van der Waals surface area contributed by atoms with Gasteiger partial charge in [-0.2, -0.15) is 0 Å². The molecule has 1 amide bonds. The molecule has 1 N–H and O–H groups in total. The Labute approximate surface area is 154 Å². The number of ether oxygens (including phenoxy) is 2. The lowest BCUT2D eigenvalue weighted by Crippen LogP contribution is -2.56. The van der Waals surface area contributed by atoms with Crippen molar-refractivity contribution in [2.45, 2.75) is 25.9 Å². The van der Waals surface area contributed by atoms with E-state index in [-0.39, 0.29) is 5.91 Å². The molecule has 2 aromatic rings. The van der Waals surface area contributed by atoms with Crippen LogP contribution in [-0.2, 0) is 10.4 Å². The fourth-order valence-corrected chi connectivity index (χ4v) is 3.35. The lowest BCUT2D eigenvalue weighted by atomic mass is 9.93. The summed E-state index contributed by atoms with van der Waals surface area (Å²) in [6.07, 6.45) is 0.892. The Morgan fingerprint density at radius 1 is 1.08 bits per heavy atom. The molecule has 1 unspecified atom stereocenters. The fraction of sp³-hybridized carbons (Fsp3) is 0.381. The average Bonchev–Trinajstić information content (AvgIpc) is 2.66. The molecule has 5 heteroatoms. The normalized spacial score (nSPS) is 19.0. The van der Waals surface area contributed by atoms with Crippen molar-refractivity contribution in [1.29, 1.82) is 0 Å². The van der Waals surface area contributed by atoms with E-state index in [1.165, 1.54) is 0 Å². The van der Waals surface area contributed by atoms with E-state index in [2.05, 4.69) is 19.2 Å². The first-order chi connectivity index (χ1) is 12.6. The van der Waals surface area contributed by atoms with E-state index in [0.29, 0.717) is 19.8 Å². The van der Waals surface area contributed by atoms with E-state index in [0.717, 1.165) is 29.0 Å². The van der Waals surface area contributed by atoms with Gasteiger partial charge in [-0.25, -0.2) is 0 Å². The van der Waals surface area contributed by atoms with Gasteiger partial charge in [0.1, 0.15) is 18.0 Å².